The van der Waals surface area contributed by atoms with E-state index in [0.29, 0.717) is 0 Å². The summed E-state index contributed by atoms with van der Waals surface area (Å²) in [7, 11) is 0. The van der Waals surface area contributed by atoms with Crippen LogP contribution in [0.3, 0.4) is 0 Å². The van der Waals surface area contributed by atoms with E-state index < -0.39 is 11.0 Å². The zero-order valence-electron chi connectivity index (χ0n) is 7.43. The third kappa shape index (κ3) is 2.41. The van der Waals surface area contributed by atoms with E-state index in [1.54, 1.807) is 6.07 Å². The molecular formula is C8H6N4O3. The maximum atomic E-state index is 10.6. The molecule has 0 bridgehead atoms. The lowest BCUT2D eigenvalue weighted by molar-refractivity contribution is -0.383. The van der Waals surface area contributed by atoms with E-state index in [9.17, 15) is 14.9 Å². The van der Waals surface area contributed by atoms with Crippen LogP contribution in [0.4, 0.5) is 16.2 Å². The molecule has 2 amide bonds. The van der Waals surface area contributed by atoms with Gasteiger partial charge in [-0.1, -0.05) is 0 Å². The lowest BCUT2D eigenvalue weighted by atomic mass is 10.2. The second-order valence-corrected chi connectivity index (χ2v) is 2.59. The standard InChI is InChI=1S/C8H6N4O3/c9-4-5-1-2-6(11-8(10)13)7(3-5)12(14)15/h1-3H,(H3,10,11,13). The van der Waals surface area contributed by atoms with Crippen LogP contribution in [0.2, 0.25) is 0 Å². The van der Waals surface area contributed by atoms with Gasteiger partial charge in [0.25, 0.3) is 5.69 Å². The Hall–Kier alpha value is -2.62. The van der Waals surface area contributed by atoms with Crippen LogP contribution in [-0.4, -0.2) is 11.0 Å². The Morgan fingerprint density at radius 1 is 1.60 bits per heavy atom. The molecule has 0 aromatic heterocycles. The average Bonchev–Trinajstić information content (AvgIpc) is 2.17. The van der Waals surface area contributed by atoms with Crippen molar-refractivity contribution in [3.8, 4) is 6.07 Å². The highest BCUT2D eigenvalue weighted by Gasteiger charge is 2.15. The summed E-state index contributed by atoms with van der Waals surface area (Å²) in [5, 5.41) is 21.2. The van der Waals surface area contributed by atoms with E-state index >= 15 is 0 Å². The van der Waals surface area contributed by atoms with E-state index in [4.69, 9.17) is 11.0 Å². The number of nitrogens with one attached hydrogen (secondary N) is 1. The molecule has 0 unspecified atom stereocenters. The van der Waals surface area contributed by atoms with Gasteiger partial charge in [0, 0.05) is 6.07 Å². The summed E-state index contributed by atoms with van der Waals surface area (Å²) in [6.07, 6.45) is 0. The summed E-state index contributed by atoms with van der Waals surface area (Å²) in [5.74, 6) is 0. The van der Waals surface area contributed by atoms with E-state index in [2.05, 4.69) is 5.32 Å². The average molecular weight is 206 g/mol. The zero-order valence-corrected chi connectivity index (χ0v) is 7.43. The van der Waals surface area contributed by atoms with Gasteiger partial charge in [0.1, 0.15) is 5.69 Å². The summed E-state index contributed by atoms with van der Waals surface area (Å²) in [4.78, 5) is 20.4. The number of hydrogen-bond donors (Lipinski definition) is 2. The number of carbonyl (C=O) groups excluding carboxylic acids is 1. The predicted molar refractivity (Wildman–Crippen MR) is 51.0 cm³/mol. The zero-order chi connectivity index (χ0) is 11.4. The van der Waals surface area contributed by atoms with E-state index in [0.717, 1.165) is 6.07 Å². The molecule has 3 N–H and O–H groups in total. The maximum Gasteiger partial charge on any atom is 0.316 e. The quantitative estimate of drug-likeness (QED) is 0.552. The third-order valence-electron chi connectivity index (χ3n) is 1.58. The number of benzene rings is 1. The first-order chi connectivity index (χ1) is 7.04. The number of rotatable bonds is 2. The van der Waals surface area contributed by atoms with Crippen molar-refractivity contribution in [1.82, 2.24) is 0 Å². The second kappa shape index (κ2) is 4.06. The molecule has 15 heavy (non-hydrogen) atoms. The summed E-state index contributed by atoms with van der Waals surface area (Å²) >= 11 is 0. The number of nitro benzene ring substituents is 1. The molecule has 0 spiro atoms. The van der Waals surface area contributed by atoms with Crippen LogP contribution in [0.5, 0.6) is 0 Å². The Balaban J connectivity index is 3.22. The first-order valence-electron chi connectivity index (χ1n) is 3.79. The van der Waals surface area contributed by atoms with Gasteiger partial charge in [-0.15, -0.1) is 0 Å². The van der Waals surface area contributed by atoms with Crippen molar-refractivity contribution >= 4 is 17.4 Å². The molecule has 7 heteroatoms. The summed E-state index contributed by atoms with van der Waals surface area (Å²) in [5.41, 5.74) is 4.56. The van der Waals surface area contributed by atoms with Gasteiger partial charge < -0.3 is 11.1 Å². The van der Waals surface area contributed by atoms with Gasteiger partial charge in [0.05, 0.1) is 16.6 Å². The molecule has 0 saturated heterocycles. The van der Waals surface area contributed by atoms with Gasteiger partial charge in [-0.05, 0) is 12.1 Å². The van der Waals surface area contributed by atoms with E-state index in [1.807, 2.05) is 0 Å². The van der Waals surface area contributed by atoms with Crippen molar-refractivity contribution in [3.05, 3.63) is 33.9 Å². The second-order valence-electron chi connectivity index (χ2n) is 2.59. The number of anilines is 1. The van der Waals surface area contributed by atoms with Crippen LogP contribution in [0.25, 0.3) is 0 Å². The lowest BCUT2D eigenvalue weighted by Gasteiger charge is -2.02. The molecule has 0 aliphatic rings. The van der Waals surface area contributed by atoms with Crippen molar-refractivity contribution in [2.45, 2.75) is 0 Å². The minimum atomic E-state index is -0.900. The number of nitrogens with zero attached hydrogens (tertiary/aromatic N) is 2. The largest absolute Gasteiger partial charge is 0.351 e. The van der Waals surface area contributed by atoms with Gasteiger partial charge in [-0.25, -0.2) is 4.79 Å². The molecule has 7 nitrogen and oxygen atoms in total. The minimum Gasteiger partial charge on any atom is -0.351 e. The first-order valence-corrected chi connectivity index (χ1v) is 3.79. The molecule has 0 saturated carbocycles. The molecule has 1 aromatic carbocycles. The highest BCUT2D eigenvalue weighted by atomic mass is 16.6. The van der Waals surface area contributed by atoms with Crippen LogP contribution in [0, 0.1) is 21.4 Å². The molecule has 0 aliphatic carbocycles. The van der Waals surface area contributed by atoms with Gasteiger partial charge >= 0.3 is 6.03 Å². The van der Waals surface area contributed by atoms with Crippen molar-refractivity contribution in [2.24, 2.45) is 5.73 Å². The highest BCUT2D eigenvalue weighted by Crippen LogP contribution is 2.24. The fourth-order valence-corrected chi connectivity index (χ4v) is 0.991. The number of nitro groups is 1. The Bertz CT molecular complexity index is 463. The number of primary amides is 1. The molecule has 0 fully saturated rings. The maximum absolute atomic E-state index is 10.6. The lowest BCUT2D eigenvalue weighted by Crippen LogP contribution is -2.19. The van der Waals surface area contributed by atoms with E-state index in [-0.39, 0.29) is 16.9 Å². The van der Waals surface area contributed by atoms with Crippen LogP contribution in [-0.2, 0) is 0 Å². The molecule has 0 aliphatic heterocycles. The first kappa shape index (κ1) is 10.5. The SMILES string of the molecule is N#Cc1ccc(NC(N)=O)c([N+](=O)[O-])c1. The Morgan fingerprint density at radius 2 is 2.27 bits per heavy atom. The number of amides is 2. The van der Waals surface area contributed by atoms with Gasteiger partial charge in [-0.2, -0.15) is 5.26 Å². The molecule has 1 rings (SSSR count). The van der Waals surface area contributed by atoms with Gasteiger partial charge in [-0.3, -0.25) is 10.1 Å². The summed E-state index contributed by atoms with van der Waals surface area (Å²) in [6, 6.07) is 4.51. The van der Waals surface area contributed by atoms with Crippen molar-refractivity contribution in [2.75, 3.05) is 5.32 Å². The Kier molecular flexibility index (Phi) is 2.83. The molecule has 0 radical (unpaired) electrons. The van der Waals surface area contributed by atoms with Crippen LogP contribution < -0.4 is 11.1 Å². The van der Waals surface area contributed by atoms with Crippen molar-refractivity contribution < 1.29 is 9.72 Å². The smallest absolute Gasteiger partial charge is 0.316 e. The van der Waals surface area contributed by atoms with Crippen LogP contribution >= 0.6 is 0 Å². The monoisotopic (exact) mass is 206 g/mol. The van der Waals surface area contributed by atoms with Gasteiger partial charge in [0.15, 0.2) is 0 Å². The fraction of sp³-hybridized carbons (Fsp3) is 0. The minimum absolute atomic E-state index is 0.0356. The van der Waals surface area contributed by atoms with E-state index in [1.165, 1.54) is 12.1 Å². The molecule has 76 valence electrons. The normalized spacial score (nSPS) is 9.00. The number of urea groups is 1. The van der Waals surface area contributed by atoms with Crippen LogP contribution in [0.1, 0.15) is 5.56 Å². The molecular weight excluding hydrogens is 200 g/mol. The Labute approximate surface area is 84.3 Å². The fourth-order valence-electron chi connectivity index (χ4n) is 0.991. The summed E-state index contributed by atoms with van der Waals surface area (Å²) in [6.45, 7) is 0. The predicted octanol–water partition coefficient (Wildman–Crippen LogP) is 0.957. The number of nitriles is 1. The van der Waals surface area contributed by atoms with Crippen LogP contribution in [0.15, 0.2) is 18.2 Å². The Morgan fingerprint density at radius 3 is 2.73 bits per heavy atom. The number of nitrogens with two attached hydrogens (primary N) is 1. The van der Waals surface area contributed by atoms with Crippen molar-refractivity contribution in [3.63, 3.8) is 0 Å². The molecule has 0 atom stereocenters. The number of hydrogen-bond acceptors (Lipinski definition) is 4. The molecule has 1 aromatic rings. The summed E-state index contributed by atoms with van der Waals surface area (Å²) < 4.78 is 0. The van der Waals surface area contributed by atoms with Crippen molar-refractivity contribution in [1.29, 1.82) is 5.26 Å². The highest BCUT2D eigenvalue weighted by molar-refractivity contribution is 5.90. The number of carbonyl (C=O) groups is 1. The topological polar surface area (TPSA) is 122 Å². The van der Waals surface area contributed by atoms with Gasteiger partial charge in [0.2, 0.25) is 0 Å². The molecule has 0 heterocycles. The third-order valence-corrected chi connectivity index (χ3v) is 1.58.